The molecule has 19 heavy (non-hydrogen) atoms. The van der Waals surface area contributed by atoms with Gasteiger partial charge in [0, 0.05) is 24.3 Å². The zero-order valence-electron chi connectivity index (χ0n) is 11.8. The fraction of sp³-hybridized carbons (Fsp3) is 0.562. The van der Waals surface area contributed by atoms with Crippen molar-refractivity contribution < 1.29 is 5.11 Å². The maximum absolute atomic E-state index is 9.89. The first-order chi connectivity index (χ1) is 9.15. The summed E-state index contributed by atoms with van der Waals surface area (Å²) >= 11 is 0. The topological polar surface area (TPSA) is 47.3 Å². The molecule has 1 unspecified atom stereocenters. The van der Waals surface area contributed by atoms with Gasteiger partial charge in [-0.05, 0) is 37.8 Å². The number of rotatable bonds is 4. The molecule has 102 valence electrons. The van der Waals surface area contributed by atoms with E-state index in [1.165, 1.54) is 19.3 Å². The van der Waals surface area contributed by atoms with Crippen LogP contribution in [0.4, 0.5) is 5.69 Å². The van der Waals surface area contributed by atoms with Crippen LogP contribution in [0.15, 0.2) is 18.2 Å². The van der Waals surface area contributed by atoms with Crippen LogP contribution in [-0.4, -0.2) is 18.2 Å². The van der Waals surface area contributed by atoms with Crippen molar-refractivity contribution >= 4 is 5.69 Å². The van der Waals surface area contributed by atoms with Crippen molar-refractivity contribution in [1.29, 1.82) is 5.26 Å². The standard InChI is InChI=1S/C16H22N2O/c1-3-4-13-7-8-18(11-13)16-9-14(10-17)5-6-15(16)12(2)19/h5-6,9,12-13,19H,3-4,7-8,11H2,1-2H3/t12-,13?/m0/s1. The van der Waals surface area contributed by atoms with E-state index in [1.54, 1.807) is 13.0 Å². The summed E-state index contributed by atoms with van der Waals surface area (Å²) in [6.07, 6.45) is 3.20. The molecule has 1 saturated heterocycles. The Morgan fingerprint density at radius 1 is 1.53 bits per heavy atom. The molecule has 1 aromatic rings. The van der Waals surface area contributed by atoms with E-state index in [4.69, 9.17) is 5.26 Å². The first kappa shape index (κ1) is 13.9. The molecule has 1 aliphatic rings. The van der Waals surface area contributed by atoms with Gasteiger partial charge in [0.25, 0.3) is 0 Å². The Kier molecular flexibility index (Phi) is 4.44. The lowest BCUT2D eigenvalue weighted by Gasteiger charge is -2.23. The molecule has 2 atom stereocenters. The number of benzene rings is 1. The van der Waals surface area contributed by atoms with Crippen molar-refractivity contribution in [1.82, 2.24) is 0 Å². The zero-order valence-corrected chi connectivity index (χ0v) is 11.8. The van der Waals surface area contributed by atoms with Crippen LogP contribution in [0.3, 0.4) is 0 Å². The summed E-state index contributed by atoms with van der Waals surface area (Å²) in [6, 6.07) is 7.76. The Hall–Kier alpha value is -1.53. The van der Waals surface area contributed by atoms with Crippen LogP contribution in [0.25, 0.3) is 0 Å². The van der Waals surface area contributed by atoms with E-state index in [2.05, 4.69) is 17.9 Å². The third-order valence-electron chi connectivity index (χ3n) is 3.93. The van der Waals surface area contributed by atoms with E-state index >= 15 is 0 Å². The van der Waals surface area contributed by atoms with E-state index in [9.17, 15) is 5.11 Å². The minimum Gasteiger partial charge on any atom is -0.389 e. The average Bonchev–Trinajstić information content (AvgIpc) is 2.87. The Morgan fingerprint density at radius 2 is 2.32 bits per heavy atom. The molecule has 0 spiro atoms. The second kappa shape index (κ2) is 6.08. The average molecular weight is 258 g/mol. The molecule has 2 rings (SSSR count). The van der Waals surface area contributed by atoms with Crippen molar-refractivity contribution in [3.05, 3.63) is 29.3 Å². The summed E-state index contributed by atoms with van der Waals surface area (Å²) < 4.78 is 0. The van der Waals surface area contributed by atoms with Gasteiger partial charge in [0.15, 0.2) is 0 Å². The molecule has 1 aliphatic heterocycles. The van der Waals surface area contributed by atoms with Crippen LogP contribution < -0.4 is 4.90 Å². The minimum absolute atomic E-state index is 0.493. The summed E-state index contributed by atoms with van der Waals surface area (Å²) in [5.41, 5.74) is 2.63. The lowest BCUT2D eigenvalue weighted by molar-refractivity contribution is 0.199. The van der Waals surface area contributed by atoms with Gasteiger partial charge >= 0.3 is 0 Å². The van der Waals surface area contributed by atoms with Crippen LogP contribution in [0, 0.1) is 17.2 Å². The fourth-order valence-corrected chi connectivity index (χ4v) is 2.94. The van der Waals surface area contributed by atoms with Crippen LogP contribution in [0.1, 0.15) is 50.3 Å². The highest BCUT2D eigenvalue weighted by atomic mass is 16.3. The van der Waals surface area contributed by atoms with E-state index < -0.39 is 6.10 Å². The second-order valence-electron chi connectivity index (χ2n) is 5.45. The molecule has 3 heteroatoms. The van der Waals surface area contributed by atoms with Gasteiger partial charge in [-0.25, -0.2) is 0 Å². The lowest BCUT2D eigenvalue weighted by atomic mass is 10.0. The summed E-state index contributed by atoms with van der Waals surface area (Å²) in [5, 5.41) is 18.9. The predicted octanol–water partition coefficient (Wildman–Crippen LogP) is 3.24. The second-order valence-corrected chi connectivity index (χ2v) is 5.45. The van der Waals surface area contributed by atoms with Gasteiger partial charge in [0.05, 0.1) is 17.7 Å². The van der Waals surface area contributed by atoms with Crippen LogP contribution in [0.2, 0.25) is 0 Å². The van der Waals surface area contributed by atoms with Gasteiger partial charge in [0.2, 0.25) is 0 Å². The molecule has 0 bridgehead atoms. The number of aliphatic hydroxyl groups excluding tert-OH is 1. The maximum Gasteiger partial charge on any atom is 0.0992 e. The summed E-state index contributed by atoms with van der Waals surface area (Å²) in [7, 11) is 0. The minimum atomic E-state index is -0.493. The molecule has 0 amide bonds. The molecular formula is C16H22N2O. The quantitative estimate of drug-likeness (QED) is 0.902. The molecular weight excluding hydrogens is 236 g/mol. The van der Waals surface area contributed by atoms with Gasteiger partial charge in [-0.1, -0.05) is 19.4 Å². The van der Waals surface area contributed by atoms with E-state index in [0.29, 0.717) is 5.56 Å². The van der Waals surface area contributed by atoms with Gasteiger partial charge in [0.1, 0.15) is 0 Å². The number of anilines is 1. The van der Waals surface area contributed by atoms with E-state index in [-0.39, 0.29) is 0 Å². The van der Waals surface area contributed by atoms with Crippen molar-refractivity contribution in [2.75, 3.05) is 18.0 Å². The monoisotopic (exact) mass is 258 g/mol. The number of hydrogen-bond acceptors (Lipinski definition) is 3. The van der Waals surface area contributed by atoms with Crippen molar-refractivity contribution in [3.63, 3.8) is 0 Å². The number of aliphatic hydroxyl groups is 1. The SMILES string of the molecule is CCCC1CCN(c2cc(C#N)ccc2[C@H](C)O)C1. The zero-order chi connectivity index (χ0) is 13.8. The fourth-order valence-electron chi connectivity index (χ4n) is 2.94. The molecule has 1 aromatic carbocycles. The highest BCUT2D eigenvalue weighted by Gasteiger charge is 2.24. The summed E-state index contributed by atoms with van der Waals surface area (Å²) in [5.74, 6) is 0.748. The normalized spacial score (nSPS) is 20.3. The van der Waals surface area contributed by atoms with E-state index in [0.717, 1.165) is 30.3 Å². The molecule has 0 aromatic heterocycles. The van der Waals surface area contributed by atoms with Crippen molar-refractivity contribution in [3.8, 4) is 6.07 Å². The smallest absolute Gasteiger partial charge is 0.0992 e. The van der Waals surface area contributed by atoms with Crippen molar-refractivity contribution in [2.45, 2.75) is 39.2 Å². The highest BCUT2D eigenvalue weighted by molar-refractivity contribution is 5.59. The number of nitrogens with zero attached hydrogens (tertiary/aromatic N) is 2. The predicted molar refractivity (Wildman–Crippen MR) is 77.0 cm³/mol. The van der Waals surface area contributed by atoms with Crippen LogP contribution >= 0.6 is 0 Å². The van der Waals surface area contributed by atoms with Gasteiger partial charge < -0.3 is 10.0 Å². The maximum atomic E-state index is 9.89. The largest absolute Gasteiger partial charge is 0.389 e. The van der Waals surface area contributed by atoms with Crippen LogP contribution in [-0.2, 0) is 0 Å². The summed E-state index contributed by atoms with van der Waals surface area (Å²) in [6.45, 7) is 6.08. The van der Waals surface area contributed by atoms with Gasteiger partial charge in [-0.15, -0.1) is 0 Å². The number of nitriles is 1. The summed E-state index contributed by atoms with van der Waals surface area (Å²) in [4.78, 5) is 2.32. The van der Waals surface area contributed by atoms with Gasteiger partial charge in [-0.2, -0.15) is 5.26 Å². The molecule has 0 radical (unpaired) electrons. The molecule has 3 nitrogen and oxygen atoms in total. The lowest BCUT2D eigenvalue weighted by Crippen LogP contribution is -2.21. The molecule has 0 saturated carbocycles. The Balaban J connectivity index is 2.25. The molecule has 0 aliphatic carbocycles. The molecule has 1 fully saturated rings. The van der Waals surface area contributed by atoms with Crippen LogP contribution in [0.5, 0.6) is 0 Å². The first-order valence-electron chi connectivity index (χ1n) is 7.12. The third kappa shape index (κ3) is 3.08. The number of hydrogen-bond donors (Lipinski definition) is 1. The highest BCUT2D eigenvalue weighted by Crippen LogP contribution is 2.32. The Bertz CT molecular complexity index is 476. The van der Waals surface area contributed by atoms with E-state index in [1.807, 2.05) is 12.1 Å². The molecule has 1 N–H and O–H groups in total. The van der Waals surface area contributed by atoms with Crippen molar-refractivity contribution in [2.24, 2.45) is 5.92 Å². The third-order valence-corrected chi connectivity index (χ3v) is 3.93. The van der Waals surface area contributed by atoms with Gasteiger partial charge in [-0.3, -0.25) is 0 Å². The molecule has 1 heterocycles. The Morgan fingerprint density at radius 3 is 2.95 bits per heavy atom. The first-order valence-corrected chi connectivity index (χ1v) is 7.12. The Labute approximate surface area is 115 Å².